The lowest BCUT2D eigenvalue weighted by Gasteiger charge is -2.13. The number of thiazole rings is 1. The molecule has 0 radical (unpaired) electrons. The van der Waals surface area contributed by atoms with Crippen molar-refractivity contribution < 1.29 is 9.53 Å². The summed E-state index contributed by atoms with van der Waals surface area (Å²) in [6.45, 7) is 1.83. The Bertz CT molecular complexity index is 1660. The molecule has 0 unspecified atom stereocenters. The van der Waals surface area contributed by atoms with Gasteiger partial charge in [-0.15, -0.1) is 0 Å². The molecule has 11 heteroatoms. The Morgan fingerprint density at radius 1 is 1.00 bits per heavy atom. The number of ether oxygens (including phenoxy) is 1. The van der Waals surface area contributed by atoms with Crippen LogP contribution < -0.4 is 10.1 Å². The molecule has 0 spiro atoms. The van der Waals surface area contributed by atoms with E-state index in [-0.39, 0.29) is 5.15 Å². The summed E-state index contributed by atoms with van der Waals surface area (Å²) >= 11 is 7.32. The van der Waals surface area contributed by atoms with Crippen molar-refractivity contribution in [3.63, 3.8) is 0 Å². The number of amides is 1. The smallest absolute Gasteiger partial charge is 0.259 e. The minimum Gasteiger partial charge on any atom is -0.494 e. The van der Waals surface area contributed by atoms with Crippen molar-refractivity contribution in [1.29, 1.82) is 0 Å². The van der Waals surface area contributed by atoms with E-state index in [1.807, 2.05) is 25.1 Å². The first-order chi connectivity index (χ1) is 17.5. The second kappa shape index (κ2) is 10.0. The van der Waals surface area contributed by atoms with Gasteiger partial charge in [0.1, 0.15) is 22.3 Å². The summed E-state index contributed by atoms with van der Waals surface area (Å²) in [4.78, 5) is 39.5. The Morgan fingerprint density at radius 3 is 2.67 bits per heavy atom. The molecule has 0 fully saturated rings. The number of nitrogens with zero attached hydrogens (tertiary/aromatic N) is 6. The van der Waals surface area contributed by atoms with Gasteiger partial charge in [0.2, 0.25) is 0 Å². The topological polar surface area (TPSA) is 116 Å². The largest absolute Gasteiger partial charge is 0.494 e. The predicted molar refractivity (Wildman–Crippen MR) is 137 cm³/mol. The molecular formula is C25H16ClN7O2S. The zero-order chi connectivity index (χ0) is 25.1. The molecule has 0 saturated heterocycles. The number of carbonyl (C=O) groups excluding carboxylic acids is 1. The van der Waals surface area contributed by atoms with Crippen LogP contribution in [-0.4, -0.2) is 42.9 Å². The number of pyridine rings is 3. The lowest BCUT2D eigenvalue weighted by atomic mass is 10.0. The average molecular weight is 514 g/mol. The Kier molecular flexibility index (Phi) is 6.49. The minimum absolute atomic E-state index is 0.275. The highest BCUT2D eigenvalue weighted by Crippen LogP contribution is 2.34. The van der Waals surface area contributed by atoms with E-state index in [1.54, 1.807) is 18.3 Å². The summed E-state index contributed by atoms with van der Waals surface area (Å²) in [6.07, 6.45) is 6.22. The molecule has 0 atom stereocenters. The second-order valence-corrected chi connectivity index (χ2v) is 8.77. The maximum Gasteiger partial charge on any atom is 0.259 e. The monoisotopic (exact) mass is 513 g/mol. The van der Waals surface area contributed by atoms with E-state index >= 15 is 0 Å². The first kappa shape index (κ1) is 23.3. The van der Waals surface area contributed by atoms with Crippen LogP contribution >= 0.6 is 22.9 Å². The van der Waals surface area contributed by atoms with Gasteiger partial charge in [0.25, 0.3) is 5.91 Å². The average Bonchev–Trinajstić information content (AvgIpc) is 3.29. The number of methoxy groups -OCH3 is 1. The third kappa shape index (κ3) is 4.98. The summed E-state index contributed by atoms with van der Waals surface area (Å²) in [5.41, 5.74) is 3.78. The molecule has 1 amide bonds. The van der Waals surface area contributed by atoms with Crippen LogP contribution in [0.1, 0.15) is 27.4 Å². The third-order valence-corrected chi connectivity index (χ3v) is 6.02. The fraction of sp³-hybridized carbons (Fsp3) is 0.0800. The number of halogens is 1. The summed E-state index contributed by atoms with van der Waals surface area (Å²) < 4.78 is 5.43. The normalized spacial score (nSPS) is 10.5. The van der Waals surface area contributed by atoms with Crippen LogP contribution in [0.25, 0.3) is 21.6 Å². The molecule has 5 aromatic rings. The van der Waals surface area contributed by atoms with Gasteiger partial charge in [-0.2, -0.15) is 4.98 Å². The summed E-state index contributed by atoms with van der Waals surface area (Å²) in [5.74, 6) is 5.97. The Balaban J connectivity index is 1.44. The molecule has 0 aliphatic rings. The van der Waals surface area contributed by atoms with Crippen molar-refractivity contribution in [3.8, 4) is 28.7 Å². The number of hydrogen-bond donors (Lipinski definition) is 1. The van der Waals surface area contributed by atoms with Crippen LogP contribution in [-0.2, 0) is 0 Å². The highest BCUT2D eigenvalue weighted by molar-refractivity contribution is 7.21. The molecule has 5 rings (SSSR count). The molecule has 36 heavy (non-hydrogen) atoms. The summed E-state index contributed by atoms with van der Waals surface area (Å²) in [7, 11) is 1.53. The molecule has 0 aromatic carbocycles. The van der Waals surface area contributed by atoms with Crippen LogP contribution in [0.2, 0.25) is 5.15 Å². The van der Waals surface area contributed by atoms with E-state index < -0.39 is 5.91 Å². The van der Waals surface area contributed by atoms with Crippen LogP contribution in [0.3, 0.4) is 0 Å². The third-order valence-electron chi connectivity index (χ3n) is 4.96. The molecule has 9 nitrogen and oxygen atoms in total. The van der Waals surface area contributed by atoms with Crippen LogP contribution in [0, 0.1) is 18.8 Å². The van der Waals surface area contributed by atoms with E-state index in [9.17, 15) is 4.79 Å². The molecular weight excluding hydrogens is 498 g/mol. The first-order valence-corrected chi connectivity index (χ1v) is 11.7. The molecule has 1 N–H and O–H groups in total. The Hall–Kier alpha value is -4.46. The number of carbonyl (C=O) groups is 1. The molecule has 5 aromatic heterocycles. The number of nitrogens with one attached hydrogen (secondary N) is 1. The lowest BCUT2D eigenvalue weighted by molar-refractivity contribution is 0.102. The van der Waals surface area contributed by atoms with Gasteiger partial charge in [-0.05, 0) is 43.0 Å². The number of aromatic nitrogens is 6. The van der Waals surface area contributed by atoms with E-state index in [4.69, 9.17) is 16.3 Å². The number of aryl methyl sites for hydroxylation is 1. The quantitative estimate of drug-likeness (QED) is 0.274. The van der Waals surface area contributed by atoms with Gasteiger partial charge in [0, 0.05) is 29.2 Å². The van der Waals surface area contributed by atoms with Gasteiger partial charge in [-0.1, -0.05) is 29.0 Å². The van der Waals surface area contributed by atoms with Gasteiger partial charge in [0.15, 0.2) is 15.6 Å². The molecule has 0 aliphatic heterocycles. The van der Waals surface area contributed by atoms with Crippen LogP contribution in [0.5, 0.6) is 5.75 Å². The first-order valence-electron chi connectivity index (χ1n) is 10.5. The van der Waals surface area contributed by atoms with Crippen molar-refractivity contribution in [3.05, 3.63) is 82.9 Å². The number of anilines is 1. The number of rotatable bonds is 4. The number of hydrogen-bond acceptors (Lipinski definition) is 9. The fourth-order valence-corrected chi connectivity index (χ4v) is 4.27. The number of fused-ring (bicyclic) bond motifs is 1. The molecule has 5 heterocycles. The van der Waals surface area contributed by atoms with Gasteiger partial charge in [0.05, 0.1) is 25.1 Å². The maximum absolute atomic E-state index is 13.3. The fourth-order valence-electron chi connectivity index (χ4n) is 3.32. The Labute approximate surface area is 214 Å². The van der Waals surface area contributed by atoms with E-state index in [0.717, 1.165) is 5.69 Å². The molecule has 176 valence electrons. The highest BCUT2D eigenvalue weighted by Gasteiger charge is 2.19. The van der Waals surface area contributed by atoms with Crippen molar-refractivity contribution in [2.45, 2.75) is 6.92 Å². The maximum atomic E-state index is 13.3. The van der Waals surface area contributed by atoms with Gasteiger partial charge in [-0.25, -0.2) is 19.9 Å². The van der Waals surface area contributed by atoms with Crippen molar-refractivity contribution in [1.82, 2.24) is 29.9 Å². The van der Waals surface area contributed by atoms with Crippen LogP contribution in [0.15, 0.2) is 55.1 Å². The van der Waals surface area contributed by atoms with E-state index in [1.165, 1.54) is 37.0 Å². The van der Waals surface area contributed by atoms with Crippen molar-refractivity contribution >= 4 is 44.5 Å². The zero-order valence-electron chi connectivity index (χ0n) is 19.0. The van der Waals surface area contributed by atoms with Gasteiger partial charge >= 0.3 is 0 Å². The lowest BCUT2D eigenvalue weighted by Crippen LogP contribution is -2.14. The predicted octanol–water partition coefficient (Wildman–Crippen LogP) is 4.56. The molecule has 0 aliphatic carbocycles. The van der Waals surface area contributed by atoms with Crippen molar-refractivity contribution in [2.75, 3.05) is 12.4 Å². The standard InChI is InChI=1S/C25H16ClN7O2S/c1-14-9-17(18-10-21(26)29-13-20(18)35-2)19(12-28-14)23(34)33-25-32-22-24(36-25)31-16(11-30-22)7-6-15-5-3-4-8-27-15/h3-5,8-13H,1-2H3,(H,30,32,33,34). The van der Waals surface area contributed by atoms with Gasteiger partial charge in [-0.3, -0.25) is 15.1 Å². The molecule has 0 saturated carbocycles. The highest BCUT2D eigenvalue weighted by atomic mass is 35.5. The van der Waals surface area contributed by atoms with E-state index in [0.29, 0.717) is 49.4 Å². The zero-order valence-corrected chi connectivity index (χ0v) is 20.6. The Morgan fingerprint density at radius 2 is 1.86 bits per heavy atom. The molecule has 0 bridgehead atoms. The second-order valence-electron chi connectivity index (χ2n) is 7.40. The van der Waals surface area contributed by atoms with E-state index in [2.05, 4.69) is 47.1 Å². The summed E-state index contributed by atoms with van der Waals surface area (Å²) in [6, 6.07) is 8.92. The van der Waals surface area contributed by atoms with Crippen LogP contribution in [0.4, 0.5) is 5.13 Å². The van der Waals surface area contributed by atoms with Crippen molar-refractivity contribution in [2.24, 2.45) is 0 Å². The minimum atomic E-state index is -0.401. The van der Waals surface area contributed by atoms with Gasteiger partial charge < -0.3 is 4.74 Å². The SMILES string of the molecule is COc1cnc(Cl)cc1-c1cc(C)ncc1C(=O)Nc1nc2ncc(C#Cc3ccccn3)nc2s1. The summed E-state index contributed by atoms with van der Waals surface area (Å²) in [5, 5.41) is 3.44.